The number of nitrogens with zero attached hydrogens (tertiary/aromatic N) is 1. The largest absolute Gasteiger partial charge is 0.331 e. The van der Waals surface area contributed by atoms with Crippen LogP contribution in [0.2, 0.25) is 0 Å². The molecule has 2 heteroatoms. The van der Waals surface area contributed by atoms with Gasteiger partial charge in [0.05, 0.1) is 0 Å². The molecule has 2 aromatic rings. The zero-order valence-electron chi connectivity index (χ0n) is 6.55. The minimum atomic E-state index is 1.26. The number of rotatable bonds is 2. The molecular formula is C10H9NS. The highest BCUT2D eigenvalue weighted by Gasteiger charge is 1.84. The Balaban J connectivity index is 2.14. The fraction of sp³-hybridized carbons (Fsp3) is 0. The Kier molecular flexibility index (Phi) is 2.10. The molecule has 0 atom stereocenters. The van der Waals surface area contributed by atoms with Crippen LogP contribution in [-0.4, -0.2) is 4.57 Å². The minimum Gasteiger partial charge on any atom is -0.331 e. The summed E-state index contributed by atoms with van der Waals surface area (Å²) in [7, 11) is 0. The van der Waals surface area contributed by atoms with Crippen molar-refractivity contribution in [3.63, 3.8) is 0 Å². The molecule has 0 fully saturated rings. The molecule has 2 aromatic heterocycles. The summed E-state index contributed by atoms with van der Waals surface area (Å²) in [5, 5.41) is 4.20. The van der Waals surface area contributed by atoms with Crippen LogP contribution in [0, 0.1) is 0 Å². The first-order valence-electron chi connectivity index (χ1n) is 3.78. The second kappa shape index (κ2) is 3.41. The highest BCUT2D eigenvalue weighted by Crippen LogP contribution is 2.08. The van der Waals surface area contributed by atoms with E-state index >= 15 is 0 Å². The van der Waals surface area contributed by atoms with E-state index in [4.69, 9.17) is 0 Å². The molecule has 0 N–H and O–H groups in total. The summed E-state index contributed by atoms with van der Waals surface area (Å²) in [5.41, 5.74) is 1.26. The van der Waals surface area contributed by atoms with Crippen molar-refractivity contribution < 1.29 is 0 Å². The van der Waals surface area contributed by atoms with Crippen molar-refractivity contribution in [3.8, 4) is 0 Å². The van der Waals surface area contributed by atoms with Crippen molar-refractivity contribution in [3.05, 3.63) is 46.9 Å². The summed E-state index contributed by atoms with van der Waals surface area (Å²) >= 11 is 1.72. The second-order valence-corrected chi connectivity index (χ2v) is 3.28. The molecule has 12 heavy (non-hydrogen) atoms. The van der Waals surface area contributed by atoms with E-state index in [2.05, 4.69) is 22.9 Å². The monoisotopic (exact) mass is 175 g/mol. The Hall–Kier alpha value is -1.28. The summed E-state index contributed by atoms with van der Waals surface area (Å²) in [6.07, 6.45) is 8.17. The van der Waals surface area contributed by atoms with Crippen LogP contribution < -0.4 is 0 Å². The van der Waals surface area contributed by atoms with E-state index in [1.54, 1.807) is 11.3 Å². The molecule has 0 unspecified atom stereocenters. The number of thiophene rings is 1. The SMILES string of the molecule is C(=C/n1cccc1)/c1ccsc1. The van der Waals surface area contributed by atoms with E-state index < -0.39 is 0 Å². The Bertz CT molecular complexity index is 307. The van der Waals surface area contributed by atoms with Gasteiger partial charge >= 0.3 is 0 Å². The second-order valence-electron chi connectivity index (χ2n) is 2.50. The molecule has 0 bridgehead atoms. The van der Waals surface area contributed by atoms with Gasteiger partial charge in [0.1, 0.15) is 0 Å². The Morgan fingerprint density at radius 1 is 1.25 bits per heavy atom. The quantitative estimate of drug-likeness (QED) is 0.660. The van der Waals surface area contributed by atoms with Gasteiger partial charge in [0.2, 0.25) is 0 Å². The highest BCUT2D eigenvalue weighted by atomic mass is 32.1. The lowest BCUT2D eigenvalue weighted by molar-refractivity contribution is 1.18. The maximum atomic E-state index is 2.12. The first-order chi connectivity index (χ1) is 5.95. The molecule has 0 aromatic carbocycles. The van der Waals surface area contributed by atoms with Crippen molar-refractivity contribution in [2.24, 2.45) is 0 Å². The van der Waals surface area contributed by atoms with E-state index in [-0.39, 0.29) is 0 Å². The lowest BCUT2D eigenvalue weighted by Gasteiger charge is -1.89. The molecule has 0 amide bonds. The van der Waals surface area contributed by atoms with Gasteiger partial charge in [0, 0.05) is 18.6 Å². The van der Waals surface area contributed by atoms with E-state index in [9.17, 15) is 0 Å². The summed E-state index contributed by atoms with van der Waals surface area (Å²) < 4.78 is 2.03. The number of hydrogen-bond acceptors (Lipinski definition) is 1. The normalized spacial score (nSPS) is 11.0. The van der Waals surface area contributed by atoms with Gasteiger partial charge in [-0.2, -0.15) is 11.3 Å². The highest BCUT2D eigenvalue weighted by molar-refractivity contribution is 7.08. The topological polar surface area (TPSA) is 4.93 Å². The molecule has 0 saturated carbocycles. The van der Waals surface area contributed by atoms with Gasteiger partial charge in [-0.25, -0.2) is 0 Å². The zero-order valence-corrected chi connectivity index (χ0v) is 7.37. The van der Waals surface area contributed by atoms with Crippen LogP contribution in [0.15, 0.2) is 41.4 Å². The zero-order chi connectivity index (χ0) is 8.23. The van der Waals surface area contributed by atoms with E-state index in [0.29, 0.717) is 0 Å². The van der Waals surface area contributed by atoms with E-state index in [0.717, 1.165) is 0 Å². The molecule has 0 spiro atoms. The van der Waals surface area contributed by atoms with Crippen molar-refractivity contribution in [1.29, 1.82) is 0 Å². The smallest absolute Gasteiger partial charge is 0.00882 e. The van der Waals surface area contributed by atoms with Crippen LogP contribution in [0.25, 0.3) is 12.3 Å². The molecule has 2 heterocycles. The van der Waals surface area contributed by atoms with Gasteiger partial charge < -0.3 is 4.57 Å². The van der Waals surface area contributed by atoms with Crippen molar-refractivity contribution in [2.75, 3.05) is 0 Å². The van der Waals surface area contributed by atoms with Crippen LogP contribution >= 0.6 is 11.3 Å². The maximum absolute atomic E-state index is 2.12. The fourth-order valence-electron chi connectivity index (χ4n) is 0.989. The average molecular weight is 175 g/mol. The van der Waals surface area contributed by atoms with Gasteiger partial charge in [0.25, 0.3) is 0 Å². The molecule has 0 saturated heterocycles. The van der Waals surface area contributed by atoms with Gasteiger partial charge in [-0.05, 0) is 40.6 Å². The number of aromatic nitrogens is 1. The summed E-state index contributed by atoms with van der Waals surface area (Å²) in [5.74, 6) is 0. The molecule has 0 radical (unpaired) electrons. The van der Waals surface area contributed by atoms with Crippen LogP contribution in [0.5, 0.6) is 0 Å². The number of hydrogen-bond donors (Lipinski definition) is 0. The van der Waals surface area contributed by atoms with Crippen LogP contribution in [-0.2, 0) is 0 Å². The van der Waals surface area contributed by atoms with Gasteiger partial charge in [-0.15, -0.1) is 0 Å². The predicted octanol–water partition coefficient (Wildman–Crippen LogP) is 3.18. The maximum Gasteiger partial charge on any atom is 0.00882 e. The van der Waals surface area contributed by atoms with Gasteiger partial charge in [-0.1, -0.05) is 0 Å². The molecule has 1 nitrogen and oxygen atoms in total. The molecule has 0 aliphatic heterocycles. The predicted molar refractivity (Wildman–Crippen MR) is 54.0 cm³/mol. The van der Waals surface area contributed by atoms with E-state index in [1.165, 1.54) is 5.56 Å². The fourth-order valence-corrected chi connectivity index (χ4v) is 1.62. The van der Waals surface area contributed by atoms with Crippen LogP contribution in [0.4, 0.5) is 0 Å². The molecule has 0 aliphatic rings. The lowest BCUT2D eigenvalue weighted by Crippen LogP contribution is -1.76. The van der Waals surface area contributed by atoms with Gasteiger partial charge in [-0.3, -0.25) is 0 Å². The van der Waals surface area contributed by atoms with Gasteiger partial charge in [0.15, 0.2) is 0 Å². The van der Waals surface area contributed by atoms with Crippen LogP contribution in [0.1, 0.15) is 5.56 Å². The van der Waals surface area contributed by atoms with E-state index in [1.807, 2.05) is 35.3 Å². The first kappa shape index (κ1) is 7.37. The summed E-state index contributed by atoms with van der Waals surface area (Å²) in [6.45, 7) is 0. The molecular weight excluding hydrogens is 166 g/mol. The Morgan fingerprint density at radius 3 is 2.75 bits per heavy atom. The van der Waals surface area contributed by atoms with Crippen molar-refractivity contribution in [1.82, 2.24) is 4.57 Å². The standard InChI is InChI=1S/C10H9NS/c1-2-6-11(5-1)7-3-10-4-8-12-9-10/h1-9H/b7-3-. The third-order valence-electron chi connectivity index (χ3n) is 1.61. The van der Waals surface area contributed by atoms with Crippen LogP contribution in [0.3, 0.4) is 0 Å². The van der Waals surface area contributed by atoms with Crippen molar-refractivity contribution >= 4 is 23.6 Å². The molecule has 0 aliphatic carbocycles. The molecule has 2 rings (SSSR count). The lowest BCUT2D eigenvalue weighted by atomic mass is 10.3. The average Bonchev–Trinajstić information content (AvgIpc) is 2.74. The molecule has 60 valence electrons. The Labute approximate surface area is 75.6 Å². The van der Waals surface area contributed by atoms with Crippen molar-refractivity contribution in [2.45, 2.75) is 0 Å². The third-order valence-corrected chi connectivity index (χ3v) is 2.31. The third kappa shape index (κ3) is 1.66. The minimum absolute atomic E-state index is 1.26. The summed E-state index contributed by atoms with van der Waals surface area (Å²) in [4.78, 5) is 0. The first-order valence-corrected chi connectivity index (χ1v) is 4.72. The Morgan fingerprint density at radius 2 is 2.08 bits per heavy atom. The summed E-state index contributed by atoms with van der Waals surface area (Å²) in [6, 6.07) is 6.13.